The zero-order valence-electron chi connectivity index (χ0n) is 8.54. The molecule has 1 rings (SSSR count). The molecule has 0 fully saturated rings. The van der Waals surface area contributed by atoms with E-state index in [0.717, 1.165) is 0 Å². The highest BCUT2D eigenvalue weighted by atomic mass is 32.2. The van der Waals surface area contributed by atoms with Crippen molar-refractivity contribution in [1.82, 2.24) is 4.72 Å². The number of hydrogen-bond donors (Lipinski definition) is 2. The molecular formula is C9H13FN2O2S. The normalized spacial score (nSPS) is 11.7. The molecule has 0 unspecified atom stereocenters. The standard InChI is InChI=1S/C9H13FN2O2S/c1-6-3-8(4-7(2)9(6)10)5-12-15(11,13)14/h3-4,12H,5H2,1-2H3,(H2,11,13,14). The average molecular weight is 232 g/mol. The molecular weight excluding hydrogens is 219 g/mol. The van der Waals surface area contributed by atoms with Gasteiger partial charge in [0.05, 0.1) is 0 Å². The number of benzene rings is 1. The van der Waals surface area contributed by atoms with Gasteiger partial charge in [-0.15, -0.1) is 0 Å². The molecule has 3 N–H and O–H groups in total. The van der Waals surface area contributed by atoms with Crippen LogP contribution in [0.3, 0.4) is 0 Å². The molecule has 1 aromatic carbocycles. The average Bonchev–Trinajstić information content (AvgIpc) is 2.09. The van der Waals surface area contributed by atoms with Gasteiger partial charge in [-0.25, -0.2) is 9.53 Å². The summed E-state index contributed by atoms with van der Waals surface area (Å²) >= 11 is 0. The van der Waals surface area contributed by atoms with E-state index in [4.69, 9.17) is 5.14 Å². The lowest BCUT2D eigenvalue weighted by Gasteiger charge is -2.06. The van der Waals surface area contributed by atoms with Crippen LogP contribution >= 0.6 is 0 Å². The van der Waals surface area contributed by atoms with Gasteiger partial charge in [-0.1, -0.05) is 12.1 Å². The first-order valence-corrected chi connectivity index (χ1v) is 5.87. The first-order chi connectivity index (χ1) is 6.79. The highest BCUT2D eigenvalue weighted by Gasteiger charge is 2.06. The maximum absolute atomic E-state index is 13.2. The monoisotopic (exact) mass is 232 g/mol. The molecule has 0 heterocycles. The number of rotatable bonds is 3. The third kappa shape index (κ3) is 3.58. The van der Waals surface area contributed by atoms with Crippen LogP contribution in [0, 0.1) is 19.7 Å². The molecule has 0 saturated heterocycles. The summed E-state index contributed by atoms with van der Waals surface area (Å²) in [6, 6.07) is 3.17. The number of hydrogen-bond acceptors (Lipinski definition) is 2. The molecule has 1 aromatic rings. The topological polar surface area (TPSA) is 72.2 Å². The van der Waals surface area contributed by atoms with Gasteiger partial charge >= 0.3 is 0 Å². The summed E-state index contributed by atoms with van der Waals surface area (Å²) in [7, 11) is -3.70. The highest BCUT2D eigenvalue weighted by molar-refractivity contribution is 7.87. The van der Waals surface area contributed by atoms with E-state index in [-0.39, 0.29) is 12.4 Å². The van der Waals surface area contributed by atoms with E-state index < -0.39 is 10.2 Å². The van der Waals surface area contributed by atoms with Gasteiger partial charge in [0.2, 0.25) is 0 Å². The Bertz CT molecular complexity index is 448. The van der Waals surface area contributed by atoms with E-state index in [1.54, 1.807) is 26.0 Å². The van der Waals surface area contributed by atoms with Gasteiger partial charge in [-0.2, -0.15) is 13.1 Å². The van der Waals surface area contributed by atoms with Crippen LogP contribution in [-0.2, 0) is 16.8 Å². The van der Waals surface area contributed by atoms with E-state index in [1.165, 1.54) is 0 Å². The maximum atomic E-state index is 13.2. The molecule has 6 heteroatoms. The first kappa shape index (κ1) is 12.1. The van der Waals surface area contributed by atoms with Gasteiger partial charge in [0, 0.05) is 6.54 Å². The second-order valence-electron chi connectivity index (χ2n) is 3.41. The Balaban J connectivity index is 2.89. The van der Waals surface area contributed by atoms with Crippen molar-refractivity contribution in [2.75, 3.05) is 0 Å². The summed E-state index contributed by atoms with van der Waals surface area (Å²) in [6.45, 7) is 3.33. The van der Waals surface area contributed by atoms with E-state index in [0.29, 0.717) is 16.7 Å². The number of nitrogens with one attached hydrogen (secondary N) is 1. The Morgan fingerprint density at radius 1 is 1.33 bits per heavy atom. The molecule has 0 aliphatic rings. The zero-order chi connectivity index (χ0) is 11.6. The lowest BCUT2D eigenvalue weighted by atomic mass is 10.1. The number of aryl methyl sites for hydroxylation is 2. The largest absolute Gasteiger partial charge is 0.274 e. The van der Waals surface area contributed by atoms with Gasteiger partial charge in [0.1, 0.15) is 5.82 Å². The molecule has 0 saturated carbocycles. The molecule has 0 aliphatic carbocycles. The Morgan fingerprint density at radius 2 is 1.80 bits per heavy atom. The lowest BCUT2D eigenvalue weighted by Crippen LogP contribution is -2.30. The van der Waals surface area contributed by atoms with E-state index in [9.17, 15) is 12.8 Å². The minimum Gasteiger partial charge on any atom is -0.216 e. The molecule has 0 aromatic heterocycles. The zero-order valence-corrected chi connectivity index (χ0v) is 9.36. The first-order valence-electron chi connectivity index (χ1n) is 4.32. The minimum absolute atomic E-state index is 0.0702. The van der Waals surface area contributed by atoms with Gasteiger partial charge in [0.25, 0.3) is 10.2 Å². The summed E-state index contributed by atoms with van der Waals surface area (Å²) in [5, 5.41) is 4.78. The predicted molar refractivity (Wildman–Crippen MR) is 55.8 cm³/mol. The fourth-order valence-electron chi connectivity index (χ4n) is 1.32. The third-order valence-corrected chi connectivity index (χ3v) is 2.52. The molecule has 0 atom stereocenters. The van der Waals surface area contributed by atoms with Crippen LogP contribution < -0.4 is 9.86 Å². The van der Waals surface area contributed by atoms with Gasteiger partial charge in [-0.05, 0) is 30.5 Å². The maximum Gasteiger partial charge on any atom is 0.274 e. The van der Waals surface area contributed by atoms with Crippen LogP contribution in [0.25, 0.3) is 0 Å². The molecule has 0 aliphatic heterocycles. The van der Waals surface area contributed by atoms with Crippen molar-refractivity contribution < 1.29 is 12.8 Å². The second kappa shape index (κ2) is 4.26. The van der Waals surface area contributed by atoms with E-state index in [2.05, 4.69) is 4.72 Å². The fraction of sp³-hybridized carbons (Fsp3) is 0.333. The van der Waals surface area contributed by atoms with Crippen LogP contribution in [0.5, 0.6) is 0 Å². The van der Waals surface area contributed by atoms with Gasteiger partial charge < -0.3 is 0 Å². The van der Waals surface area contributed by atoms with Gasteiger partial charge in [0.15, 0.2) is 0 Å². The number of nitrogens with two attached hydrogens (primary N) is 1. The van der Waals surface area contributed by atoms with E-state index in [1.807, 2.05) is 0 Å². The van der Waals surface area contributed by atoms with Crippen molar-refractivity contribution in [2.45, 2.75) is 20.4 Å². The van der Waals surface area contributed by atoms with Crippen LogP contribution in [0.2, 0.25) is 0 Å². The Labute approximate surface area is 88.5 Å². The summed E-state index contributed by atoms with van der Waals surface area (Å²) < 4.78 is 36.6. The molecule has 0 spiro atoms. The Hall–Kier alpha value is -0.980. The van der Waals surface area contributed by atoms with Crippen molar-refractivity contribution in [2.24, 2.45) is 5.14 Å². The SMILES string of the molecule is Cc1cc(CNS(N)(=O)=O)cc(C)c1F. The highest BCUT2D eigenvalue weighted by Crippen LogP contribution is 2.14. The molecule has 0 radical (unpaired) electrons. The quantitative estimate of drug-likeness (QED) is 0.806. The summed E-state index contributed by atoms with van der Waals surface area (Å²) in [5.74, 6) is -0.269. The molecule has 84 valence electrons. The number of halogens is 1. The smallest absolute Gasteiger partial charge is 0.216 e. The lowest BCUT2D eigenvalue weighted by molar-refractivity contribution is 0.582. The molecule has 15 heavy (non-hydrogen) atoms. The summed E-state index contributed by atoms with van der Waals surface area (Å²) in [4.78, 5) is 0. The fourth-order valence-corrected chi connectivity index (χ4v) is 1.69. The second-order valence-corrected chi connectivity index (χ2v) is 4.79. The van der Waals surface area contributed by atoms with Crippen molar-refractivity contribution >= 4 is 10.2 Å². The van der Waals surface area contributed by atoms with Gasteiger partial charge in [-0.3, -0.25) is 0 Å². The summed E-state index contributed by atoms with van der Waals surface area (Å²) in [6.07, 6.45) is 0. The van der Waals surface area contributed by atoms with E-state index >= 15 is 0 Å². The van der Waals surface area contributed by atoms with Crippen molar-refractivity contribution in [3.05, 3.63) is 34.6 Å². The molecule has 0 amide bonds. The van der Waals surface area contributed by atoms with Crippen molar-refractivity contribution in [3.8, 4) is 0 Å². The summed E-state index contributed by atoms with van der Waals surface area (Å²) in [5.41, 5.74) is 1.66. The predicted octanol–water partition coefficient (Wildman–Crippen LogP) is 0.736. The molecule has 0 bridgehead atoms. The van der Waals surface area contributed by atoms with Crippen LogP contribution in [0.4, 0.5) is 4.39 Å². The van der Waals surface area contributed by atoms with Crippen LogP contribution in [-0.4, -0.2) is 8.42 Å². The Kier molecular flexibility index (Phi) is 3.43. The molecule has 4 nitrogen and oxygen atoms in total. The van der Waals surface area contributed by atoms with Crippen molar-refractivity contribution in [3.63, 3.8) is 0 Å². The third-order valence-electron chi connectivity index (χ3n) is 1.97. The van der Waals surface area contributed by atoms with Crippen LogP contribution in [0.15, 0.2) is 12.1 Å². The van der Waals surface area contributed by atoms with Crippen LogP contribution in [0.1, 0.15) is 16.7 Å². The minimum atomic E-state index is -3.70. The Morgan fingerprint density at radius 3 is 2.20 bits per heavy atom. The van der Waals surface area contributed by atoms with Crippen molar-refractivity contribution in [1.29, 1.82) is 0 Å².